The Bertz CT molecular complexity index is 962. The zero-order chi connectivity index (χ0) is 25.1. The van der Waals surface area contributed by atoms with Crippen molar-refractivity contribution in [2.75, 3.05) is 38.0 Å². The molecule has 8 heteroatoms. The van der Waals surface area contributed by atoms with E-state index in [4.69, 9.17) is 11.6 Å². The van der Waals surface area contributed by atoms with E-state index in [2.05, 4.69) is 22.0 Å². The fourth-order valence-electron chi connectivity index (χ4n) is 5.89. The minimum Gasteiger partial charge on any atom is -0.342 e. The largest absolute Gasteiger partial charge is 0.342 e. The highest BCUT2D eigenvalue weighted by Crippen LogP contribution is 2.30. The first kappa shape index (κ1) is 26.0. The molecule has 2 unspecified atom stereocenters. The second-order valence-electron chi connectivity index (χ2n) is 10.6. The summed E-state index contributed by atoms with van der Waals surface area (Å²) < 4.78 is 0. The number of benzene rings is 1. The zero-order valence-corrected chi connectivity index (χ0v) is 22.1. The van der Waals surface area contributed by atoms with Gasteiger partial charge in [0, 0.05) is 68.9 Å². The Balaban J connectivity index is 1.38. The molecule has 2 saturated heterocycles. The Hall–Kier alpha value is -2.12. The molecule has 0 spiro atoms. The maximum absolute atomic E-state index is 13.0. The zero-order valence-electron chi connectivity index (χ0n) is 21.3. The van der Waals surface area contributed by atoms with Crippen LogP contribution < -0.4 is 5.32 Å². The number of rotatable bonds is 5. The summed E-state index contributed by atoms with van der Waals surface area (Å²) in [6, 6.07) is 3.97. The topological polar surface area (TPSA) is 73.0 Å². The van der Waals surface area contributed by atoms with Crippen LogP contribution in [0.25, 0.3) is 0 Å². The molecule has 1 aromatic rings. The van der Waals surface area contributed by atoms with Crippen molar-refractivity contribution in [3.63, 3.8) is 0 Å². The fourth-order valence-corrected chi connectivity index (χ4v) is 6.13. The maximum atomic E-state index is 13.0. The Morgan fingerprint density at radius 3 is 2.40 bits per heavy atom. The molecule has 0 radical (unpaired) electrons. The van der Waals surface area contributed by atoms with Gasteiger partial charge in [-0.15, -0.1) is 0 Å². The van der Waals surface area contributed by atoms with Gasteiger partial charge in [0.25, 0.3) is 0 Å². The Morgan fingerprint density at radius 1 is 1.00 bits per heavy atom. The fraction of sp³-hybridized carbons (Fsp3) is 0.667. The highest BCUT2D eigenvalue weighted by atomic mass is 35.5. The van der Waals surface area contributed by atoms with E-state index in [1.807, 2.05) is 19.1 Å². The van der Waals surface area contributed by atoms with Gasteiger partial charge in [0.15, 0.2) is 0 Å². The number of likely N-dealkylation sites (tertiary alicyclic amines) is 1. The molecule has 4 rings (SSSR count). The molecule has 3 amide bonds. The third kappa shape index (κ3) is 6.18. The van der Waals surface area contributed by atoms with Gasteiger partial charge in [0.1, 0.15) is 0 Å². The van der Waals surface area contributed by atoms with Crippen LogP contribution in [0.15, 0.2) is 12.1 Å². The molecule has 1 aromatic carbocycles. The summed E-state index contributed by atoms with van der Waals surface area (Å²) in [5.74, 6) is 0.311. The molecule has 2 aliphatic heterocycles. The lowest BCUT2D eigenvalue weighted by molar-refractivity contribution is -0.140. The van der Waals surface area contributed by atoms with E-state index in [9.17, 15) is 14.4 Å². The van der Waals surface area contributed by atoms with E-state index < -0.39 is 0 Å². The van der Waals surface area contributed by atoms with Crippen molar-refractivity contribution in [1.82, 2.24) is 14.7 Å². The standard InChI is InChI=1S/C27H39ClN4O3/c1-18-15-30(11-12-32(18)27(35)21-7-4-5-8-21)16-23-13-24(28)14-25(19(23)2)29-26(34)22-9-6-10-31(17-22)20(3)33/h13-14,18,21-22H,4-12,15-17H2,1-3H3,(H,29,34). The van der Waals surface area contributed by atoms with Gasteiger partial charge in [-0.05, 0) is 62.8 Å². The van der Waals surface area contributed by atoms with Gasteiger partial charge in [-0.25, -0.2) is 0 Å². The van der Waals surface area contributed by atoms with E-state index in [1.54, 1.807) is 11.8 Å². The molecular weight excluding hydrogens is 464 g/mol. The number of hydrogen-bond donors (Lipinski definition) is 1. The first-order valence-electron chi connectivity index (χ1n) is 13.1. The highest BCUT2D eigenvalue weighted by Gasteiger charge is 2.33. The Morgan fingerprint density at radius 2 is 1.71 bits per heavy atom. The number of amides is 3. The lowest BCUT2D eigenvalue weighted by Crippen LogP contribution is -2.54. The third-order valence-electron chi connectivity index (χ3n) is 8.07. The van der Waals surface area contributed by atoms with Crippen molar-refractivity contribution in [3.05, 3.63) is 28.3 Å². The molecular formula is C27H39ClN4O3. The monoisotopic (exact) mass is 502 g/mol. The molecule has 1 N–H and O–H groups in total. The van der Waals surface area contributed by atoms with E-state index in [0.29, 0.717) is 17.5 Å². The quantitative estimate of drug-likeness (QED) is 0.658. The van der Waals surface area contributed by atoms with Gasteiger partial charge in [0.2, 0.25) is 17.7 Å². The number of piperazine rings is 1. The summed E-state index contributed by atoms with van der Waals surface area (Å²) in [4.78, 5) is 43.9. The van der Waals surface area contributed by atoms with Crippen LogP contribution in [0.4, 0.5) is 5.69 Å². The van der Waals surface area contributed by atoms with Crippen LogP contribution in [0.3, 0.4) is 0 Å². The van der Waals surface area contributed by atoms with E-state index in [-0.39, 0.29) is 29.7 Å². The highest BCUT2D eigenvalue weighted by molar-refractivity contribution is 6.31. The van der Waals surface area contributed by atoms with E-state index >= 15 is 0 Å². The van der Waals surface area contributed by atoms with Crippen molar-refractivity contribution >= 4 is 35.0 Å². The Kier molecular flexibility index (Phi) is 8.38. The first-order chi connectivity index (χ1) is 16.7. The van der Waals surface area contributed by atoms with Crippen molar-refractivity contribution in [2.45, 2.75) is 71.9 Å². The Labute approximate surface area is 214 Å². The van der Waals surface area contributed by atoms with Crippen LogP contribution >= 0.6 is 11.6 Å². The lowest BCUT2D eigenvalue weighted by atomic mass is 9.96. The molecule has 35 heavy (non-hydrogen) atoms. The summed E-state index contributed by atoms with van der Waals surface area (Å²) >= 11 is 6.46. The number of carbonyl (C=O) groups excluding carboxylic acids is 3. The predicted molar refractivity (Wildman–Crippen MR) is 138 cm³/mol. The number of nitrogens with one attached hydrogen (secondary N) is 1. The molecule has 192 valence electrons. The average Bonchev–Trinajstić information content (AvgIpc) is 3.37. The molecule has 0 aromatic heterocycles. The molecule has 3 aliphatic rings. The minimum atomic E-state index is -0.208. The summed E-state index contributed by atoms with van der Waals surface area (Å²) in [5, 5.41) is 3.68. The molecule has 1 aliphatic carbocycles. The van der Waals surface area contributed by atoms with Gasteiger partial charge in [-0.1, -0.05) is 24.4 Å². The SMILES string of the molecule is CC(=O)N1CCCC(C(=O)Nc2cc(Cl)cc(CN3CCN(C(=O)C4CCCC4)C(C)C3)c2C)C1. The smallest absolute Gasteiger partial charge is 0.229 e. The van der Waals surface area contributed by atoms with Crippen LogP contribution in [0.5, 0.6) is 0 Å². The maximum Gasteiger partial charge on any atom is 0.229 e. The summed E-state index contributed by atoms with van der Waals surface area (Å²) in [6.07, 6.45) is 6.04. The van der Waals surface area contributed by atoms with Crippen molar-refractivity contribution < 1.29 is 14.4 Å². The normalized spacial score (nSPS) is 24.0. The minimum absolute atomic E-state index is 0.0167. The number of carbonyl (C=O) groups is 3. The van der Waals surface area contributed by atoms with Crippen LogP contribution in [0.1, 0.15) is 63.5 Å². The number of hydrogen-bond acceptors (Lipinski definition) is 4. The van der Waals surface area contributed by atoms with Crippen LogP contribution in [0, 0.1) is 18.8 Å². The lowest BCUT2D eigenvalue weighted by Gasteiger charge is -2.41. The van der Waals surface area contributed by atoms with Crippen LogP contribution in [-0.4, -0.2) is 71.2 Å². The first-order valence-corrected chi connectivity index (χ1v) is 13.5. The predicted octanol–water partition coefficient (Wildman–Crippen LogP) is 4.07. The van der Waals surface area contributed by atoms with Gasteiger partial charge >= 0.3 is 0 Å². The van der Waals surface area contributed by atoms with Gasteiger partial charge in [0.05, 0.1) is 5.92 Å². The van der Waals surface area contributed by atoms with Crippen molar-refractivity contribution in [1.29, 1.82) is 0 Å². The second-order valence-corrected chi connectivity index (χ2v) is 11.1. The number of piperidine rings is 1. The van der Waals surface area contributed by atoms with Crippen LogP contribution in [-0.2, 0) is 20.9 Å². The molecule has 0 bridgehead atoms. The second kappa shape index (κ2) is 11.3. The van der Waals surface area contributed by atoms with Crippen molar-refractivity contribution in [2.24, 2.45) is 11.8 Å². The summed E-state index contributed by atoms with van der Waals surface area (Å²) in [5.41, 5.74) is 2.84. The number of anilines is 1. The van der Waals surface area contributed by atoms with E-state index in [1.165, 1.54) is 12.8 Å². The molecule has 3 fully saturated rings. The van der Waals surface area contributed by atoms with Gasteiger partial charge < -0.3 is 15.1 Å². The van der Waals surface area contributed by atoms with Crippen LogP contribution in [0.2, 0.25) is 5.02 Å². The average molecular weight is 503 g/mol. The molecule has 2 heterocycles. The third-order valence-corrected chi connectivity index (χ3v) is 8.29. The van der Waals surface area contributed by atoms with Crippen molar-refractivity contribution in [3.8, 4) is 0 Å². The number of halogens is 1. The molecule has 2 atom stereocenters. The summed E-state index contributed by atoms with van der Waals surface area (Å²) in [7, 11) is 0. The van der Waals surface area contributed by atoms with E-state index in [0.717, 1.165) is 75.2 Å². The van der Waals surface area contributed by atoms with Gasteiger partial charge in [-0.2, -0.15) is 0 Å². The molecule has 1 saturated carbocycles. The molecule has 7 nitrogen and oxygen atoms in total. The van der Waals surface area contributed by atoms with Gasteiger partial charge in [-0.3, -0.25) is 19.3 Å². The number of nitrogens with zero attached hydrogens (tertiary/aromatic N) is 3. The summed E-state index contributed by atoms with van der Waals surface area (Å²) in [6.45, 7) is 10.1.